The normalized spacial score (nSPS) is 10.5. The van der Waals surface area contributed by atoms with E-state index in [1.54, 1.807) is 23.5 Å². The van der Waals surface area contributed by atoms with Gasteiger partial charge in [0, 0.05) is 17.0 Å². The molecule has 0 bridgehead atoms. The van der Waals surface area contributed by atoms with Crippen LogP contribution >= 0.6 is 11.3 Å². The summed E-state index contributed by atoms with van der Waals surface area (Å²) in [5.41, 5.74) is 1.36. The van der Waals surface area contributed by atoms with Gasteiger partial charge in [0.2, 0.25) is 0 Å². The molecule has 1 aromatic carbocycles. The van der Waals surface area contributed by atoms with Crippen LogP contribution in [0.3, 0.4) is 0 Å². The highest BCUT2D eigenvalue weighted by Gasteiger charge is 2.07. The number of hydrogen-bond acceptors (Lipinski definition) is 5. The summed E-state index contributed by atoms with van der Waals surface area (Å²) in [5, 5.41) is 16.0. The third-order valence-electron chi connectivity index (χ3n) is 3.19. The Morgan fingerprint density at radius 3 is 3.00 bits per heavy atom. The fraction of sp³-hybridized carbons (Fsp3) is 0.200. The van der Waals surface area contributed by atoms with Gasteiger partial charge in [0.25, 0.3) is 5.91 Å². The summed E-state index contributed by atoms with van der Waals surface area (Å²) in [7, 11) is 0. The van der Waals surface area contributed by atoms with Crippen LogP contribution in [0, 0.1) is 0 Å². The Kier molecular flexibility index (Phi) is 4.55. The minimum atomic E-state index is -0.0823. The number of tetrazole rings is 1. The van der Waals surface area contributed by atoms with E-state index in [0.29, 0.717) is 12.1 Å². The minimum Gasteiger partial charge on any atom is -0.352 e. The minimum absolute atomic E-state index is 0.0823. The van der Waals surface area contributed by atoms with Crippen molar-refractivity contribution in [3.8, 4) is 5.69 Å². The molecule has 6 nitrogen and oxygen atoms in total. The second-order valence-corrected chi connectivity index (χ2v) is 5.78. The first kappa shape index (κ1) is 14.4. The van der Waals surface area contributed by atoms with E-state index < -0.39 is 0 Å². The molecule has 7 heteroatoms. The topological polar surface area (TPSA) is 72.7 Å². The summed E-state index contributed by atoms with van der Waals surface area (Å²) in [6.45, 7) is 0.659. The lowest BCUT2D eigenvalue weighted by Gasteiger charge is -2.06. The summed E-state index contributed by atoms with van der Waals surface area (Å²) in [6, 6.07) is 11.4. The average Bonchev–Trinajstić information content (AvgIpc) is 3.24. The van der Waals surface area contributed by atoms with Gasteiger partial charge in [0.15, 0.2) is 0 Å². The van der Waals surface area contributed by atoms with Crippen molar-refractivity contribution in [2.45, 2.75) is 12.8 Å². The Morgan fingerprint density at radius 1 is 1.27 bits per heavy atom. The van der Waals surface area contributed by atoms with Gasteiger partial charge in [-0.2, -0.15) is 0 Å². The lowest BCUT2D eigenvalue weighted by molar-refractivity contribution is 0.0953. The number of aryl methyl sites for hydroxylation is 1. The van der Waals surface area contributed by atoms with Crippen LogP contribution in [0.5, 0.6) is 0 Å². The maximum absolute atomic E-state index is 12.2. The van der Waals surface area contributed by atoms with E-state index in [-0.39, 0.29) is 5.91 Å². The molecule has 0 aliphatic carbocycles. The highest BCUT2D eigenvalue weighted by molar-refractivity contribution is 7.09. The van der Waals surface area contributed by atoms with Gasteiger partial charge in [0.1, 0.15) is 6.33 Å². The van der Waals surface area contributed by atoms with Crippen LogP contribution in [0.15, 0.2) is 48.1 Å². The second kappa shape index (κ2) is 6.95. The second-order valence-electron chi connectivity index (χ2n) is 4.74. The number of rotatable bonds is 6. The van der Waals surface area contributed by atoms with Crippen molar-refractivity contribution in [3.05, 3.63) is 58.5 Å². The van der Waals surface area contributed by atoms with Crippen molar-refractivity contribution < 1.29 is 4.79 Å². The third kappa shape index (κ3) is 3.56. The van der Waals surface area contributed by atoms with Crippen LogP contribution < -0.4 is 5.32 Å². The van der Waals surface area contributed by atoms with Gasteiger partial charge in [-0.1, -0.05) is 12.1 Å². The molecule has 0 atom stereocenters. The molecule has 0 fully saturated rings. The molecule has 1 amide bonds. The Balaban J connectivity index is 1.55. The van der Waals surface area contributed by atoms with Gasteiger partial charge >= 0.3 is 0 Å². The number of nitrogens with one attached hydrogen (secondary N) is 1. The lowest BCUT2D eigenvalue weighted by Crippen LogP contribution is -2.24. The lowest BCUT2D eigenvalue weighted by atomic mass is 10.2. The SMILES string of the molecule is O=C(NCCCc1cccs1)c1cccc(-n2cnnn2)c1. The molecule has 0 radical (unpaired) electrons. The number of nitrogens with zero attached hydrogens (tertiary/aromatic N) is 4. The number of benzene rings is 1. The number of carbonyl (C=O) groups excluding carboxylic acids is 1. The summed E-state index contributed by atoms with van der Waals surface area (Å²) in [6.07, 6.45) is 3.42. The molecule has 22 heavy (non-hydrogen) atoms. The molecule has 1 N–H and O–H groups in total. The molecule has 3 rings (SSSR count). The van der Waals surface area contributed by atoms with E-state index >= 15 is 0 Å². The van der Waals surface area contributed by atoms with E-state index in [0.717, 1.165) is 18.5 Å². The van der Waals surface area contributed by atoms with Gasteiger partial charge in [0.05, 0.1) is 5.69 Å². The predicted octanol–water partition coefficient (Wildman–Crippen LogP) is 2.09. The van der Waals surface area contributed by atoms with E-state index in [4.69, 9.17) is 0 Å². The summed E-state index contributed by atoms with van der Waals surface area (Å²) in [5.74, 6) is -0.0823. The molecule has 2 aromatic heterocycles. The van der Waals surface area contributed by atoms with E-state index in [1.165, 1.54) is 15.9 Å². The first-order valence-electron chi connectivity index (χ1n) is 6.97. The van der Waals surface area contributed by atoms with Crippen LogP contribution in [0.2, 0.25) is 0 Å². The van der Waals surface area contributed by atoms with Gasteiger partial charge in [-0.25, -0.2) is 4.68 Å². The highest BCUT2D eigenvalue weighted by atomic mass is 32.1. The molecule has 2 heterocycles. The van der Waals surface area contributed by atoms with Crippen molar-refractivity contribution in [3.63, 3.8) is 0 Å². The van der Waals surface area contributed by atoms with Crippen molar-refractivity contribution >= 4 is 17.2 Å². The van der Waals surface area contributed by atoms with Crippen molar-refractivity contribution in [2.75, 3.05) is 6.54 Å². The Morgan fingerprint density at radius 2 is 2.23 bits per heavy atom. The molecule has 0 aliphatic heterocycles. The van der Waals surface area contributed by atoms with Gasteiger partial charge < -0.3 is 5.32 Å². The van der Waals surface area contributed by atoms with Gasteiger partial charge in [-0.15, -0.1) is 16.4 Å². The number of carbonyl (C=O) groups is 1. The third-order valence-corrected chi connectivity index (χ3v) is 4.12. The van der Waals surface area contributed by atoms with Crippen LogP contribution in [-0.2, 0) is 6.42 Å². The molecule has 0 spiro atoms. The van der Waals surface area contributed by atoms with Crippen molar-refractivity contribution in [2.24, 2.45) is 0 Å². The van der Waals surface area contributed by atoms with Gasteiger partial charge in [-0.05, 0) is 52.9 Å². The number of thiophene rings is 1. The van der Waals surface area contributed by atoms with E-state index in [1.807, 2.05) is 18.2 Å². The quantitative estimate of drug-likeness (QED) is 0.707. The largest absolute Gasteiger partial charge is 0.352 e. The van der Waals surface area contributed by atoms with Crippen LogP contribution in [0.4, 0.5) is 0 Å². The zero-order chi connectivity index (χ0) is 15.2. The molecule has 0 aliphatic rings. The molecule has 0 unspecified atom stereocenters. The van der Waals surface area contributed by atoms with Gasteiger partial charge in [-0.3, -0.25) is 4.79 Å². The highest BCUT2D eigenvalue weighted by Crippen LogP contribution is 2.11. The smallest absolute Gasteiger partial charge is 0.251 e. The molecule has 3 aromatic rings. The molecule has 0 saturated heterocycles. The molecule has 0 saturated carbocycles. The molecule has 112 valence electrons. The number of aromatic nitrogens is 4. The standard InChI is InChI=1S/C15H15N5OS/c21-15(16-8-2-6-14-7-3-9-22-14)12-4-1-5-13(10-12)20-11-17-18-19-20/h1,3-5,7,9-11H,2,6,8H2,(H,16,21). The predicted molar refractivity (Wildman–Crippen MR) is 84.1 cm³/mol. The fourth-order valence-corrected chi connectivity index (χ4v) is 2.84. The zero-order valence-electron chi connectivity index (χ0n) is 11.8. The maximum Gasteiger partial charge on any atom is 0.251 e. The summed E-state index contributed by atoms with van der Waals surface area (Å²) in [4.78, 5) is 13.5. The van der Waals surface area contributed by atoms with Crippen molar-refractivity contribution in [1.82, 2.24) is 25.5 Å². The zero-order valence-corrected chi connectivity index (χ0v) is 12.7. The fourth-order valence-electron chi connectivity index (χ4n) is 2.09. The maximum atomic E-state index is 12.2. The first-order valence-corrected chi connectivity index (χ1v) is 7.85. The van der Waals surface area contributed by atoms with E-state index in [2.05, 4.69) is 32.3 Å². The summed E-state index contributed by atoms with van der Waals surface area (Å²) < 4.78 is 1.52. The number of amides is 1. The van der Waals surface area contributed by atoms with Crippen LogP contribution in [-0.4, -0.2) is 32.7 Å². The Hall–Kier alpha value is -2.54. The van der Waals surface area contributed by atoms with Crippen LogP contribution in [0.25, 0.3) is 5.69 Å². The summed E-state index contributed by atoms with van der Waals surface area (Å²) >= 11 is 1.74. The number of hydrogen-bond donors (Lipinski definition) is 1. The average molecular weight is 313 g/mol. The molecular formula is C15H15N5OS. The van der Waals surface area contributed by atoms with Crippen LogP contribution in [0.1, 0.15) is 21.7 Å². The first-order chi connectivity index (χ1) is 10.8. The molecular weight excluding hydrogens is 298 g/mol. The Bertz CT molecular complexity index is 724. The Labute approximate surface area is 131 Å². The van der Waals surface area contributed by atoms with Crippen molar-refractivity contribution in [1.29, 1.82) is 0 Å². The monoisotopic (exact) mass is 313 g/mol. The van der Waals surface area contributed by atoms with E-state index in [9.17, 15) is 4.79 Å².